The number of hydrogen-bond acceptors (Lipinski definition) is 5. The normalized spacial score (nSPS) is 13.0. The molecule has 7 nitrogen and oxygen atoms in total. The van der Waals surface area contributed by atoms with Gasteiger partial charge in [0.2, 0.25) is 5.91 Å². The van der Waals surface area contributed by atoms with Crippen LogP contribution in [-0.4, -0.2) is 49.5 Å². The van der Waals surface area contributed by atoms with Gasteiger partial charge in [0.1, 0.15) is 5.75 Å². The SMILES string of the molecule is COc1ccc(CCC(=O)Nc2ccccc2C(=O)OCC(=O)N2CCCC2)cc1. The van der Waals surface area contributed by atoms with Crippen LogP contribution in [-0.2, 0) is 20.7 Å². The molecule has 1 saturated heterocycles. The highest BCUT2D eigenvalue weighted by atomic mass is 16.5. The molecule has 3 rings (SSSR count). The van der Waals surface area contributed by atoms with E-state index >= 15 is 0 Å². The molecule has 30 heavy (non-hydrogen) atoms. The molecule has 1 aliphatic rings. The highest BCUT2D eigenvalue weighted by molar-refractivity contribution is 6.01. The van der Waals surface area contributed by atoms with Crippen LogP contribution >= 0.6 is 0 Å². The van der Waals surface area contributed by atoms with E-state index in [1.807, 2.05) is 24.3 Å². The molecule has 1 heterocycles. The lowest BCUT2D eigenvalue weighted by Gasteiger charge is -2.15. The van der Waals surface area contributed by atoms with Gasteiger partial charge in [0.05, 0.1) is 18.4 Å². The van der Waals surface area contributed by atoms with Gasteiger partial charge in [-0.1, -0.05) is 24.3 Å². The number of benzene rings is 2. The highest BCUT2D eigenvalue weighted by Gasteiger charge is 2.21. The molecule has 0 atom stereocenters. The predicted molar refractivity (Wildman–Crippen MR) is 112 cm³/mol. The van der Waals surface area contributed by atoms with Crippen LogP contribution in [0.4, 0.5) is 5.69 Å². The predicted octanol–water partition coefficient (Wildman–Crippen LogP) is 3.05. The second-order valence-corrected chi connectivity index (χ2v) is 7.11. The summed E-state index contributed by atoms with van der Waals surface area (Å²) in [6, 6.07) is 14.1. The fourth-order valence-electron chi connectivity index (χ4n) is 3.30. The van der Waals surface area contributed by atoms with Crippen molar-refractivity contribution in [1.29, 1.82) is 0 Å². The van der Waals surface area contributed by atoms with Crippen molar-refractivity contribution in [2.75, 3.05) is 32.1 Å². The summed E-state index contributed by atoms with van der Waals surface area (Å²) in [5.41, 5.74) is 1.61. The molecule has 0 saturated carbocycles. The molecule has 1 aliphatic heterocycles. The van der Waals surface area contributed by atoms with E-state index in [1.165, 1.54) is 0 Å². The number of hydrogen-bond donors (Lipinski definition) is 1. The van der Waals surface area contributed by atoms with Gasteiger partial charge < -0.3 is 19.7 Å². The van der Waals surface area contributed by atoms with E-state index in [4.69, 9.17) is 9.47 Å². The Morgan fingerprint density at radius 3 is 2.40 bits per heavy atom. The van der Waals surface area contributed by atoms with Crippen molar-refractivity contribution in [1.82, 2.24) is 4.90 Å². The van der Waals surface area contributed by atoms with Gasteiger partial charge in [0.15, 0.2) is 6.61 Å². The lowest BCUT2D eigenvalue weighted by atomic mass is 10.1. The zero-order valence-corrected chi connectivity index (χ0v) is 17.1. The minimum Gasteiger partial charge on any atom is -0.497 e. The minimum atomic E-state index is -0.631. The molecule has 158 valence electrons. The Balaban J connectivity index is 1.53. The van der Waals surface area contributed by atoms with Gasteiger partial charge >= 0.3 is 5.97 Å². The van der Waals surface area contributed by atoms with Crippen LogP contribution in [0.3, 0.4) is 0 Å². The van der Waals surface area contributed by atoms with E-state index in [0.29, 0.717) is 25.2 Å². The van der Waals surface area contributed by atoms with E-state index < -0.39 is 5.97 Å². The van der Waals surface area contributed by atoms with Crippen molar-refractivity contribution in [2.45, 2.75) is 25.7 Å². The van der Waals surface area contributed by atoms with Crippen molar-refractivity contribution >= 4 is 23.5 Å². The van der Waals surface area contributed by atoms with Crippen LogP contribution in [0.2, 0.25) is 0 Å². The molecule has 1 N–H and O–H groups in total. The summed E-state index contributed by atoms with van der Waals surface area (Å²) in [5, 5.41) is 2.77. The number of amides is 2. The Bertz CT molecular complexity index is 889. The molecule has 0 unspecified atom stereocenters. The number of nitrogens with one attached hydrogen (secondary N) is 1. The lowest BCUT2D eigenvalue weighted by Crippen LogP contribution is -2.32. The molecule has 2 aromatic carbocycles. The molecule has 0 aromatic heterocycles. The third-order valence-corrected chi connectivity index (χ3v) is 5.01. The molecule has 7 heteroatoms. The lowest BCUT2D eigenvalue weighted by molar-refractivity contribution is -0.133. The molecular weight excluding hydrogens is 384 g/mol. The van der Waals surface area contributed by atoms with Gasteiger partial charge in [-0.2, -0.15) is 0 Å². The molecule has 0 aliphatic carbocycles. The molecule has 2 amide bonds. The first-order valence-corrected chi connectivity index (χ1v) is 10.0. The average Bonchev–Trinajstić information content (AvgIpc) is 3.31. The number of esters is 1. The number of methoxy groups -OCH3 is 1. The number of anilines is 1. The molecule has 2 aromatic rings. The first kappa shape index (κ1) is 21.4. The number of ether oxygens (including phenoxy) is 2. The average molecular weight is 410 g/mol. The maximum absolute atomic E-state index is 12.4. The Morgan fingerprint density at radius 1 is 1.00 bits per heavy atom. The highest BCUT2D eigenvalue weighted by Crippen LogP contribution is 2.18. The molecule has 0 bridgehead atoms. The van der Waals surface area contributed by atoms with Crippen LogP contribution in [0, 0.1) is 0 Å². The van der Waals surface area contributed by atoms with Crippen LogP contribution < -0.4 is 10.1 Å². The number of para-hydroxylation sites is 1. The first-order valence-electron chi connectivity index (χ1n) is 10.0. The molecule has 0 spiro atoms. The van der Waals surface area contributed by atoms with E-state index in [2.05, 4.69) is 5.32 Å². The third-order valence-electron chi connectivity index (χ3n) is 5.01. The Hall–Kier alpha value is -3.35. The summed E-state index contributed by atoms with van der Waals surface area (Å²) < 4.78 is 10.3. The van der Waals surface area contributed by atoms with Gasteiger partial charge in [-0.05, 0) is 49.1 Å². The van der Waals surface area contributed by atoms with E-state index in [-0.39, 0.29) is 30.4 Å². The Morgan fingerprint density at radius 2 is 1.70 bits per heavy atom. The number of carbonyl (C=O) groups is 3. The second-order valence-electron chi connectivity index (χ2n) is 7.11. The number of aryl methyl sites for hydroxylation is 1. The number of likely N-dealkylation sites (tertiary alicyclic amines) is 1. The van der Waals surface area contributed by atoms with E-state index in [9.17, 15) is 14.4 Å². The van der Waals surface area contributed by atoms with E-state index in [1.54, 1.807) is 36.3 Å². The summed E-state index contributed by atoms with van der Waals surface area (Å²) in [5.74, 6) is -0.270. The third kappa shape index (κ3) is 5.83. The first-order chi connectivity index (χ1) is 14.6. The fraction of sp³-hybridized carbons (Fsp3) is 0.348. The van der Waals surface area contributed by atoms with Crippen molar-refractivity contribution in [3.63, 3.8) is 0 Å². The Kier molecular flexibility index (Phi) is 7.43. The Labute approximate surface area is 176 Å². The van der Waals surface area contributed by atoms with E-state index in [0.717, 1.165) is 24.2 Å². The maximum atomic E-state index is 12.4. The van der Waals surface area contributed by atoms with Gasteiger partial charge in [-0.3, -0.25) is 9.59 Å². The van der Waals surface area contributed by atoms with Crippen LogP contribution in [0.5, 0.6) is 5.75 Å². The van der Waals surface area contributed by atoms with Crippen molar-refractivity contribution in [3.8, 4) is 5.75 Å². The van der Waals surface area contributed by atoms with Crippen molar-refractivity contribution in [3.05, 3.63) is 59.7 Å². The summed E-state index contributed by atoms with van der Waals surface area (Å²) in [4.78, 5) is 38.6. The zero-order valence-electron chi connectivity index (χ0n) is 17.1. The van der Waals surface area contributed by atoms with Crippen LogP contribution in [0.15, 0.2) is 48.5 Å². The summed E-state index contributed by atoms with van der Waals surface area (Å²) >= 11 is 0. The zero-order chi connectivity index (χ0) is 21.3. The van der Waals surface area contributed by atoms with Crippen LogP contribution in [0.1, 0.15) is 35.2 Å². The van der Waals surface area contributed by atoms with Crippen molar-refractivity contribution < 1.29 is 23.9 Å². The fourth-order valence-corrected chi connectivity index (χ4v) is 3.30. The van der Waals surface area contributed by atoms with Gasteiger partial charge in [0, 0.05) is 19.5 Å². The number of carbonyl (C=O) groups excluding carboxylic acids is 3. The smallest absolute Gasteiger partial charge is 0.340 e. The van der Waals surface area contributed by atoms with Gasteiger partial charge in [-0.15, -0.1) is 0 Å². The second kappa shape index (κ2) is 10.4. The van der Waals surface area contributed by atoms with Crippen LogP contribution in [0.25, 0.3) is 0 Å². The summed E-state index contributed by atoms with van der Waals surface area (Å²) in [6.07, 6.45) is 2.78. The standard InChI is InChI=1S/C23H26N2O5/c1-29-18-11-8-17(9-12-18)10-13-21(26)24-20-7-3-2-6-19(20)23(28)30-16-22(27)25-14-4-5-15-25/h2-3,6-9,11-12H,4-5,10,13-16H2,1H3,(H,24,26). The van der Waals surface area contributed by atoms with Crippen molar-refractivity contribution in [2.24, 2.45) is 0 Å². The summed E-state index contributed by atoms with van der Waals surface area (Å²) in [7, 11) is 1.60. The number of nitrogens with zero attached hydrogens (tertiary/aromatic N) is 1. The molecule has 1 fully saturated rings. The molecular formula is C23H26N2O5. The van der Waals surface area contributed by atoms with Gasteiger partial charge in [-0.25, -0.2) is 4.79 Å². The maximum Gasteiger partial charge on any atom is 0.340 e. The molecule has 0 radical (unpaired) electrons. The monoisotopic (exact) mass is 410 g/mol. The topological polar surface area (TPSA) is 84.9 Å². The quantitative estimate of drug-likeness (QED) is 0.676. The largest absolute Gasteiger partial charge is 0.497 e. The minimum absolute atomic E-state index is 0.193. The number of rotatable bonds is 8. The van der Waals surface area contributed by atoms with Gasteiger partial charge in [0.25, 0.3) is 5.91 Å². The summed E-state index contributed by atoms with van der Waals surface area (Å²) in [6.45, 7) is 1.12.